The average Bonchev–Trinajstić information content (AvgIpc) is 2.84. The number of anilines is 2. The number of nitrogens with zero attached hydrogens (tertiary/aromatic N) is 2. The van der Waals surface area contributed by atoms with Crippen LogP contribution in [-0.4, -0.2) is 16.1 Å². The number of fused-ring (bicyclic) bond motifs is 1. The van der Waals surface area contributed by atoms with Crippen molar-refractivity contribution in [1.29, 1.82) is 0 Å². The van der Waals surface area contributed by atoms with Crippen molar-refractivity contribution in [2.24, 2.45) is 0 Å². The molecule has 0 saturated heterocycles. The van der Waals surface area contributed by atoms with Crippen LogP contribution in [-0.2, 0) is 0 Å². The van der Waals surface area contributed by atoms with Crippen molar-refractivity contribution >= 4 is 33.1 Å². The van der Waals surface area contributed by atoms with E-state index < -0.39 is 0 Å². The second-order valence-corrected chi connectivity index (χ2v) is 6.13. The molecule has 0 aliphatic heterocycles. The highest BCUT2D eigenvalue weighted by Gasteiger charge is 2.12. The maximum absolute atomic E-state index is 13.5. The van der Waals surface area contributed by atoms with Gasteiger partial charge >= 0.3 is 0 Å². The zero-order chi connectivity index (χ0) is 15.7. The van der Waals surface area contributed by atoms with E-state index in [4.69, 9.17) is 4.74 Å². The van der Waals surface area contributed by atoms with Crippen molar-refractivity contribution in [3.8, 4) is 5.75 Å². The van der Waals surface area contributed by atoms with Gasteiger partial charge < -0.3 is 10.1 Å². The molecule has 6 heteroatoms. The van der Waals surface area contributed by atoms with Crippen molar-refractivity contribution < 1.29 is 9.13 Å². The predicted molar refractivity (Wildman–Crippen MR) is 87.6 cm³/mol. The maximum atomic E-state index is 13.5. The number of rotatable bonds is 4. The smallest absolute Gasteiger partial charge is 0.151 e. The van der Waals surface area contributed by atoms with E-state index in [1.54, 1.807) is 17.4 Å². The van der Waals surface area contributed by atoms with Gasteiger partial charge in [-0.25, -0.2) is 14.4 Å². The van der Waals surface area contributed by atoms with E-state index in [2.05, 4.69) is 15.3 Å². The van der Waals surface area contributed by atoms with Crippen LogP contribution in [0.25, 0.3) is 10.2 Å². The van der Waals surface area contributed by atoms with Crippen molar-refractivity contribution in [2.75, 3.05) is 5.32 Å². The van der Waals surface area contributed by atoms with Crippen LogP contribution in [0.2, 0.25) is 0 Å². The summed E-state index contributed by atoms with van der Waals surface area (Å²) < 4.78 is 20.1. The number of hydrogen-bond donors (Lipinski definition) is 1. The minimum absolute atomic E-state index is 0.0447. The van der Waals surface area contributed by atoms with Gasteiger partial charge in [0.2, 0.25) is 0 Å². The molecule has 3 rings (SSSR count). The molecule has 22 heavy (non-hydrogen) atoms. The van der Waals surface area contributed by atoms with Gasteiger partial charge in [-0.1, -0.05) is 0 Å². The summed E-state index contributed by atoms with van der Waals surface area (Å²) in [7, 11) is 0. The number of benzene rings is 1. The first-order valence-corrected chi connectivity index (χ1v) is 7.84. The summed E-state index contributed by atoms with van der Waals surface area (Å²) in [4.78, 5) is 8.59. The lowest BCUT2D eigenvalue weighted by Gasteiger charge is -2.15. The van der Waals surface area contributed by atoms with E-state index in [0.29, 0.717) is 17.3 Å². The standard InChI is InChI=1S/C16H16FN3OS/c1-9(2)21-13-6-11(17)4-5-12(13)20-16-15-14(18-8-19-16)10(3)7-22-15/h4-9H,1-3H3,(H,18,19,20). The molecule has 0 saturated carbocycles. The lowest BCUT2D eigenvalue weighted by Crippen LogP contribution is -2.08. The fraction of sp³-hybridized carbons (Fsp3) is 0.250. The number of ether oxygens (including phenoxy) is 1. The molecular weight excluding hydrogens is 301 g/mol. The number of nitrogens with one attached hydrogen (secondary N) is 1. The van der Waals surface area contributed by atoms with E-state index in [1.807, 2.05) is 26.2 Å². The Morgan fingerprint density at radius 2 is 2.09 bits per heavy atom. The molecule has 4 nitrogen and oxygen atoms in total. The Bertz CT molecular complexity index is 816. The molecule has 114 valence electrons. The Labute approximate surface area is 132 Å². The molecule has 0 radical (unpaired) electrons. The van der Waals surface area contributed by atoms with Gasteiger partial charge in [0.1, 0.15) is 17.9 Å². The van der Waals surface area contributed by atoms with Gasteiger partial charge in [-0.05, 0) is 43.8 Å². The van der Waals surface area contributed by atoms with Crippen molar-refractivity contribution in [1.82, 2.24) is 9.97 Å². The predicted octanol–water partition coefficient (Wildman–Crippen LogP) is 4.67. The third-order valence-corrected chi connectivity index (χ3v) is 4.18. The topological polar surface area (TPSA) is 47.0 Å². The zero-order valence-electron chi connectivity index (χ0n) is 12.6. The summed E-state index contributed by atoms with van der Waals surface area (Å²) in [6, 6.07) is 4.43. The molecule has 0 bridgehead atoms. The number of aryl methyl sites for hydroxylation is 1. The first-order chi connectivity index (χ1) is 10.5. The Morgan fingerprint density at radius 1 is 1.27 bits per heavy atom. The quantitative estimate of drug-likeness (QED) is 0.759. The van der Waals surface area contributed by atoms with E-state index in [1.165, 1.54) is 18.5 Å². The van der Waals surface area contributed by atoms with Crippen LogP contribution in [0.3, 0.4) is 0 Å². The first kappa shape index (κ1) is 14.7. The molecule has 0 amide bonds. The summed E-state index contributed by atoms with van der Waals surface area (Å²) >= 11 is 1.58. The molecule has 0 fully saturated rings. The molecule has 2 aromatic heterocycles. The summed E-state index contributed by atoms with van der Waals surface area (Å²) in [5.41, 5.74) is 2.72. The molecule has 0 aliphatic carbocycles. The Hall–Kier alpha value is -2.21. The Kier molecular flexibility index (Phi) is 3.94. The van der Waals surface area contributed by atoms with Gasteiger partial charge in [0.25, 0.3) is 0 Å². The van der Waals surface area contributed by atoms with E-state index in [9.17, 15) is 4.39 Å². The number of hydrogen-bond acceptors (Lipinski definition) is 5. The van der Waals surface area contributed by atoms with E-state index in [0.717, 1.165) is 15.8 Å². The van der Waals surface area contributed by atoms with Gasteiger partial charge in [0.15, 0.2) is 5.82 Å². The number of halogens is 1. The molecule has 0 spiro atoms. The highest BCUT2D eigenvalue weighted by atomic mass is 32.1. The van der Waals surface area contributed by atoms with E-state index in [-0.39, 0.29) is 11.9 Å². The summed E-state index contributed by atoms with van der Waals surface area (Å²) in [5, 5.41) is 5.27. The Balaban J connectivity index is 2.01. The number of aromatic nitrogens is 2. The average molecular weight is 317 g/mol. The normalized spacial score (nSPS) is 11.1. The van der Waals surface area contributed by atoms with Crippen LogP contribution in [0.5, 0.6) is 5.75 Å². The third kappa shape index (κ3) is 2.87. The zero-order valence-corrected chi connectivity index (χ0v) is 13.4. The van der Waals surface area contributed by atoms with Crippen LogP contribution in [0.4, 0.5) is 15.9 Å². The second-order valence-electron chi connectivity index (χ2n) is 5.25. The summed E-state index contributed by atoms with van der Waals surface area (Å²) in [6.07, 6.45) is 1.48. The van der Waals surface area contributed by atoms with Crippen LogP contribution >= 0.6 is 11.3 Å². The van der Waals surface area contributed by atoms with Gasteiger partial charge in [0, 0.05) is 6.07 Å². The minimum Gasteiger partial charge on any atom is -0.489 e. The summed E-state index contributed by atoms with van der Waals surface area (Å²) in [5.74, 6) is 0.833. The van der Waals surface area contributed by atoms with Crippen molar-refractivity contribution in [2.45, 2.75) is 26.9 Å². The fourth-order valence-corrected chi connectivity index (χ4v) is 3.08. The highest BCUT2D eigenvalue weighted by molar-refractivity contribution is 7.18. The second kappa shape index (κ2) is 5.88. The molecule has 3 aromatic rings. The van der Waals surface area contributed by atoms with Crippen LogP contribution < -0.4 is 10.1 Å². The molecular formula is C16H16FN3OS. The van der Waals surface area contributed by atoms with Crippen LogP contribution in [0.1, 0.15) is 19.4 Å². The van der Waals surface area contributed by atoms with Crippen molar-refractivity contribution in [3.63, 3.8) is 0 Å². The largest absolute Gasteiger partial charge is 0.489 e. The molecule has 1 N–H and O–H groups in total. The SMILES string of the molecule is Cc1csc2c(Nc3ccc(F)cc3OC(C)C)ncnc12. The third-order valence-electron chi connectivity index (χ3n) is 3.09. The Morgan fingerprint density at radius 3 is 2.86 bits per heavy atom. The van der Waals surface area contributed by atoms with Gasteiger partial charge in [-0.15, -0.1) is 11.3 Å². The van der Waals surface area contributed by atoms with Crippen molar-refractivity contribution in [3.05, 3.63) is 41.3 Å². The molecule has 1 aromatic carbocycles. The van der Waals surface area contributed by atoms with Crippen LogP contribution in [0, 0.1) is 12.7 Å². The molecule has 0 aliphatic rings. The lowest BCUT2D eigenvalue weighted by atomic mass is 10.2. The van der Waals surface area contributed by atoms with Gasteiger partial charge in [-0.2, -0.15) is 0 Å². The van der Waals surface area contributed by atoms with Gasteiger partial charge in [-0.3, -0.25) is 0 Å². The molecule has 0 atom stereocenters. The maximum Gasteiger partial charge on any atom is 0.151 e. The van der Waals surface area contributed by atoms with Crippen LogP contribution in [0.15, 0.2) is 29.9 Å². The lowest BCUT2D eigenvalue weighted by molar-refractivity contribution is 0.243. The fourth-order valence-electron chi connectivity index (χ4n) is 2.14. The summed E-state index contributed by atoms with van der Waals surface area (Å²) in [6.45, 7) is 5.82. The first-order valence-electron chi connectivity index (χ1n) is 6.96. The van der Waals surface area contributed by atoms with E-state index >= 15 is 0 Å². The molecule has 2 heterocycles. The monoisotopic (exact) mass is 317 g/mol. The minimum atomic E-state index is -0.332. The highest BCUT2D eigenvalue weighted by Crippen LogP contribution is 2.34. The molecule has 0 unspecified atom stereocenters. The number of thiophene rings is 1. The van der Waals surface area contributed by atoms with Gasteiger partial charge in [0.05, 0.1) is 22.0 Å².